The molecule has 3 aliphatic heterocycles. The van der Waals surface area contributed by atoms with Crippen molar-refractivity contribution in [3.8, 4) is 0 Å². The van der Waals surface area contributed by atoms with Gasteiger partial charge in [0.1, 0.15) is 15.7 Å². The predicted octanol–water partition coefficient (Wildman–Crippen LogP) is -1.45. The Morgan fingerprint density at radius 2 is 1.29 bits per heavy atom. The van der Waals surface area contributed by atoms with Gasteiger partial charge in [0, 0.05) is 84.3 Å². The maximum Gasteiger partial charge on any atom is 0.346 e. The molecule has 0 bridgehead atoms. The zero-order chi connectivity index (χ0) is 30.2. The number of methoxy groups -OCH3 is 1. The van der Waals surface area contributed by atoms with E-state index in [4.69, 9.17) is 44.6 Å². The summed E-state index contributed by atoms with van der Waals surface area (Å²) < 4.78 is 40.8. The molecule has 3 fully saturated rings. The molecule has 0 aliphatic carbocycles. The molecular weight excluding hydrogens is 561 g/mol. The number of ether oxygens (including phenoxy) is 3. The predicted molar refractivity (Wildman–Crippen MR) is 144 cm³/mol. The number of morpholine rings is 2. The molecular formula is C23H37B2N4O11P. The Kier molecular flexibility index (Phi) is 12.6. The Labute approximate surface area is 241 Å². The summed E-state index contributed by atoms with van der Waals surface area (Å²) in [6, 6.07) is -1.60. The highest BCUT2D eigenvalue weighted by Gasteiger charge is 2.45. The van der Waals surface area contributed by atoms with Gasteiger partial charge >= 0.3 is 19.6 Å². The summed E-state index contributed by atoms with van der Waals surface area (Å²) in [6.45, 7) is 1.32. The molecule has 3 heterocycles. The second kappa shape index (κ2) is 15.5. The first-order chi connectivity index (χ1) is 19.4. The summed E-state index contributed by atoms with van der Waals surface area (Å²) in [5, 5.41) is 17.8. The maximum atomic E-state index is 14.7. The zero-order valence-electron chi connectivity index (χ0n) is 23.2. The van der Waals surface area contributed by atoms with Crippen molar-refractivity contribution in [2.75, 3.05) is 72.7 Å². The van der Waals surface area contributed by atoms with Gasteiger partial charge in [0.15, 0.2) is 0 Å². The number of hydrogen-bond acceptors (Lipinski definition) is 9. The van der Waals surface area contributed by atoms with E-state index in [-0.39, 0.29) is 103 Å². The summed E-state index contributed by atoms with van der Waals surface area (Å²) in [5.41, 5.74) is 0. The third-order valence-electron chi connectivity index (χ3n) is 6.93. The Bertz CT molecular complexity index is 987. The first-order valence-corrected chi connectivity index (χ1v) is 15.0. The number of carboxylic acids is 2. The zero-order valence-corrected chi connectivity index (χ0v) is 24.1. The highest BCUT2D eigenvalue weighted by molar-refractivity contribution is 7.54. The second-order valence-corrected chi connectivity index (χ2v) is 12.5. The molecule has 4 radical (unpaired) electrons. The third kappa shape index (κ3) is 9.77. The van der Waals surface area contributed by atoms with Crippen molar-refractivity contribution < 1.29 is 52.7 Å². The Morgan fingerprint density at radius 1 is 0.756 bits per heavy atom. The smallest absolute Gasteiger partial charge is 0.346 e. The number of rotatable bonds is 13. The van der Waals surface area contributed by atoms with Crippen molar-refractivity contribution in [1.29, 1.82) is 0 Å². The Balaban J connectivity index is 1.72. The molecule has 0 aromatic carbocycles. The highest BCUT2D eigenvalue weighted by atomic mass is 31.2. The highest BCUT2D eigenvalue weighted by Crippen LogP contribution is 2.55. The van der Waals surface area contributed by atoms with Gasteiger partial charge < -0.3 is 38.7 Å². The molecule has 2 amide bonds. The molecule has 226 valence electrons. The van der Waals surface area contributed by atoms with Crippen LogP contribution in [0.2, 0.25) is 0 Å². The molecule has 2 N–H and O–H groups in total. The maximum absolute atomic E-state index is 14.7. The second-order valence-electron chi connectivity index (χ2n) is 10.1. The summed E-state index contributed by atoms with van der Waals surface area (Å²) >= 11 is 0. The van der Waals surface area contributed by atoms with Crippen molar-refractivity contribution in [2.45, 2.75) is 49.9 Å². The molecule has 41 heavy (non-hydrogen) atoms. The molecule has 0 aromatic rings. The van der Waals surface area contributed by atoms with E-state index in [0.717, 1.165) is 0 Å². The Morgan fingerprint density at radius 3 is 1.85 bits per heavy atom. The molecule has 5 atom stereocenters. The van der Waals surface area contributed by atoms with Gasteiger partial charge in [0.25, 0.3) is 0 Å². The normalized spacial score (nSPS) is 27.7. The fourth-order valence-electron chi connectivity index (χ4n) is 4.97. The van der Waals surface area contributed by atoms with Crippen molar-refractivity contribution >= 4 is 47.1 Å². The average Bonchev–Trinajstić information content (AvgIpc) is 2.93. The van der Waals surface area contributed by atoms with E-state index in [1.807, 2.05) is 0 Å². The minimum Gasteiger partial charge on any atom is -0.481 e. The molecule has 0 spiro atoms. The fraction of sp³-hybridized carbons (Fsp3) is 0.826. The van der Waals surface area contributed by atoms with Crippen LogP contribution in [0.1, 0.15) is 25.7 Å². The van der Waals surface area contributed by atoms with Gasteiger partial charge in [-0.3, -0.25) is 23.7 Å². The number of carboxylic acid groups (broad SMARTS) is 2. The lowest BCUT2D eigenvalue weighted by Crippen LogP contribution is -2.54. The molecule has 0 aromatic heterocycles. The van der Waals surface area contributed by atoms with Gasteiger partial charge in [-0.05, 0) is 0 Å². The van der Waals surface area contributed by atoms with Gasteiger partial charge in [0.2, 0.25) is 11.8 Å². The number of amides is 2. The number of hydrogen-bond donors (Lipinski definition) is 2. The lowest BCUT2D eigenvalue weighted by atomic mass is 9.97. The molecule has 3 rings (SSSR count). The molecule has 5 unspecified atom stereocenters. The Hall–Kier alpha value is -2.00. The van der Waals surface area contributed by atoms with Crippen LogP contribution in [-0.2, 0) is 42.5 Å². The van der Waals surface area contributed by atoms with Crippen molar-refractivity contribution in [3.63, 3.8) is 0 Å². The quantitative estimate of drug-likeness (QED) is 0.186. The number of nitrogens with zero attached hydrogens (tertiary/aromatic N) is 4. The van der Waals surface area contributed by atoms with Crippen LogP contribution in [0.4, 0.5) is 0 Å². The van der Waals surface area contributed by atoms with Gasteiger partial charge in [0.05, 0.1) is 38.3 Å². The van der Waals surface area contributed by atoms with Crippen LogP contribution >= 0.6 is 7.67 Å². The minimum absolute atomic E-state index is 0.0763. The monoisotopic (exact) mass is 598 g/mol. The SMILES string of the molecule is [B]C1CN(C(=O)CCC(=O)O)CC(COP(=O)(N2CCN(C(=O)CCC(=O)O)CC2)N2CC([B])OC(COC)C2)O1. The van der Waals surface area contributed by atoms with Gasteiger partial charge in [-0.2, -0.15) is 0 Å². The first kappa shape index (κ1) is 33.5. The molecule has 18 heteroatoms. The summed E-state index contributed by atoms with van der Waals surface area (Å²) in [6.07, 6.45) is -2.10. The minimum atomic E-state index is -3.79. The van der Waals surface area contributed by atoms with Crippen molar-refractivity contribution in [2.24, 2.45) is 0 Å². The van der Waals surface area contributed by atoms with E-state index in [9.17, 15) is 23.7 Å². The third-order valence-corrected chi connectivity index (χ3v) is 9.57. The van der Waals surface area contributed by atoms with Gasteiger partial charge in [-0.1, -0.05) is 0 Å². The lowest BCUT2D eigenvalue weighted by molar-refractivity contribution is -0.146. The van der Waals surface area contributed by atoms with E-state index < -0.39 is 43.8 Å². The number of carbonyl (C=O) groups excluding carboxylic acids is 2. The fourth-order valence-corrected chi connectivity index (χ4v) is 7.45. The van der Waals surface area contributed by atoms with Crippen LogP contribution in [0.5, 0.6) is 0 Å². The van der Waals surface area contributed by atoms with Crippen molar-refractivity contribution in [1.82, 2.24) is 19.1 Å². The summed E-state index contributed by atoms with van der Waals surface area (Å²) in [7, 11) is 9.82. The van der Waals surface area contributed by atoms with E-state index in [1.165, 1.54) is 16.9 Å². The summed E-state index contributed by atoms with van der Waals surface area (Å²) in [4.78, 5) is 49.7. The molecule has 3 saturated heterocycles. The standard InChI is InChI=1S/C23H37B2N4O11P/c1-37-14-17-11-29(13-19(25)40-17)41(36,28-8-6-26(7-9-28)20(30)2-4-22(32)33)38-15-16-10-27(12-18(24)39-16)21(31)3-5-23(34)35/h16-19H,2-15H2,1H3,(H,32,33)(H,34,35). The van der Waals surface area contributed by atoms with Crippen molar-refractivity contribution in [3.05, 3.63) is 0 Å². The average molecular weight is 598 g/mol. The van der Waals surface area contributed by atoms with Crippen LogP contribution in [-0.4, -0.2) is 166 Å². The number of aliphatic carboxylic acids is 2. The van der Waals surface area contributed by atoms with E-state index in [0.29, 0.717) is 0 Å². The first-order valence-electron chi connectivity index (χ1n) is 13.5. The molecule has 0 saturated carbocycles. The van der Waals surface area contributed by atoms with Crippen LogP contribution < -0.4 is 0 Å². The topological polar surface area (TPSA) is 176 Å². The van der Waals surface area contributed by atoms with Crippen LogP contribution in [0.15, 0.2) is 0 Å². The van der Waals surface area contributed by atoms with Crippen LogP contribution in [0.25, 0.3) is 0 Å². The van der Waals surface area contributed by atoms with Gasteiger partial charge in [-0.15, -0.1) is 0 Å². The van der Waals surface area contributed by atoms with Gasteiger partial charge in [-0.25, -0.2) is 9.34 Å². The lowest BCUT2D eigenvalue weighted by Gasteiger charge is -2.46. The van der Waals surface area contributed by atoms with Crippen LogP contribution in [0, 0.1) is 0 Å². The van der Waals surface area contributed by atoms with E-state index in [2.05, 4.69) is 0 Å². The van der Waals surface area contributed by atoms with E-state index in [1.54, 1.807) is 9.34 Å². The molecule has 3 aliphatic rings. The van der Waals surface area contributed by atoms with E-state index >= 15 is 0 Å². The van der Waals surface area contributed by atoms with Crippen LogP contribution in [0.3, 0.4) is 0 Å². The number of carbonyl (C=O) groups is 4. The summed E-state index contributed by atoms with van der Waals surface area (Å²) in [5.74, 6) is -2.83. The largest absolute Gasteiger partial charge is 0.481 e. The number of piperazine rings is 1. The molecule has 15 nitrogen and oxygen atoms in total.